The first kappa shape index (κ1) is 29.5. The Bertz CT molecular complexity index is 1250. The lowest BCUT2D eigenvalue weighted by Gasteiger charge is -2.07. The minimum Gasteiger partial charge on any atom is -0.381 e. The molecule has 39 heavy (non-hydrogen) atoms. The predicted molar refractivity (Wildman–Crippen MR) is 167 cm³/mol. The van der Waals surface area contributed by atoms with Gasteiger partial charge in [0.2, 0.25) is 5.96 Å². The molecule has 0 radical (unpaired) electrons. The molecule has 0 amide bonds. The lowest BCUT2D eigenvalue weighted by Crippen LogP contribution is -2.35. The fourth-order valence-electron chi connectivity index (χ4n) is 3.35. The third-order valence-electron chi connectivity index (χ3n) is 5.21. The van der Waals surface area contributed by atoms with E-state index in [-0.39, 0.29) is 0 Å². The maximum atomic E-state index is 9.03. The summed E-state index contributed by atoms with van der Waals surface area (Å²) in [5, 5.41) is 24.1. The fraction of sp³-hybridized carbons (Fsp3) is 0.286. The maximum Gasteiger partial charge on any atom is 0.205 e. The molecule has 0 bridgehead atoms. The van der Waals surface area contributed by atoms with Crippen molar-refractivity contribution in [2.75, 3.05) is 36.0 Å². The highest BCUT2D eigenvalue weighted by molar-refractivity contribution is 7.98. The molecule has 0 aliphatic rings. The molecule has 204 valence electrons. The number of benzene rings is 2. The van der Waals surface area contributed by atoms with E-state index in [1.807, 2.05) is 60.6 Å². The summed E-state index contributed by atoms with van der Waals surface area (Å²) in [6.07, 6.45) is 6.87. The van der Waals surface area contributed by atoms with E-state index in [0.29, 0.717) is 25.0 Å². The van der Waals surface area contributed by atoms with Gasteiger partial charge in [0, 0.05) is 36.5 Å². The van der Waals surface area contributed by atoms with Crippen LogP contribution in [0.25, 0.3) is 6.08 Å². The molecule has 6 N–H and O–H groups in total. The zero-order chi connectivity index (χ0) is 27.5. The average Bonchev–Trinajstić information content (AvgIpc) is 3.39. The summed E-state index contributed by atoms with van der Waals surface area (Å²) >= 11 is 3.33. The Labute approximate surface area is 238 Å². The SMILES string of the molecule is CCN=C(N)Nc1nc(CSCCCNC(=NCC=Cc2ccc(NCc3ccccc3)cc2)NC#N)cs1. The van der Waals surface area contributed by atoms with E-state index in [1.54, 1.807) is 0 Å². The van der Waals surface area contributed by atoms with Gasteiger partial charge in [0.25, 0.3) is 0 Å². The van der Waals surface area contributed by atoms with Crippen LogP contribution in [-0.4, -0.2) is 42.3 Å². The molecular weight excluding hydrogens is 527 g/mol. The number of nitrogens with one attached hydrogen (secondary N) is 4. The van der Waals surface area contributed by atoms with Crippen LogP contribution in [-0.2, 0) is 12.3 Å². The molecule has 0 unspecified atom stereocenters. The number of nitrogens with zero attached hydrogens (tertiary/aromatic N) is 4. The van der Waals surface area contributed by atoms with Crippen LogP contribution in [0, 0.1) is 11.5 Å². The molecule has 0 atom stereocenters. The molecule has 2 aromatic carbocycles. The van der Waals surface area contributed by atoms with Gasteiger partial charge in [0.05, 0.1) is 12.2 Å². The van der Waals surface area contributed by atoms with E-state index in [9.17, 15) is 0 Å². The Morgan fingerprint density at radius 3 is 2.74 bits per heavy atom. The highest BCUT2D eigenvalue weighted by Crippen LogP contribution is 2.19. The van der Waals surface area contributed by atoms with Gasteiger partial charge >= 0.3 is 0 Å². The zero-order valence-electron chi connectivity index (χ0n) is 22.1. The molecule has 9 nitrogen and oxygen atoms in total. The van der Waals surface area contributed by atoms with Crippen LogP contribution >= 0.6 is 23.1 Å². The maximum absolute atomic E-state index is 9.03. The molecular formula is C28H35N9S2. The van der Waals surface area contributed by atoms with Gasteiger partial charge in [0.15, 0.2) is 17.3 Å². The first-order valence-corrected chi connectivity index (χ1v) is 14.8. The van der Waals surface area contributed by atoms with Crippen molar-refractivity contribution in [1.82, 2.24) is 15.6 Å². The number of thioether (sulfide) groups is 1. The molecule has 3 aromatic rings. The Hall–Kier alpha value is -4.01. The molecule has 0 aliphatic heterocycles. The normalized spacial score (nSPS) is 11.8. The number of hydrogen-bond donors (Lipinski definition) is 5. The summed E-state index contributed by atoms with van der Waals surface area (Å²) < 4.78 is 0. The summed E-state index contributed by atoms with van der Waals surface area (Å²) in [5.74, 6) is 2.66. The lowest BCUT2D eigenvalue weighted by molar-refractivity contribution is 0.824. The van der Waals surface area contributed by atoms with Gasteiger partial charge in [-0.05, 0) is 42.4 Å². The minimum atomic E-state index is 0.387. The minimum absolute atomic E-state index is 0.387. The number of aromatic nitrogens is 1. The molecule has 1 heterocycles. The van der Waals surface area contributed by atoms with Crippen LogP contribution in [0.4, 0.5) is 10.8 Å². The van der Waals surface area contributed by atoms with Crippen molar-refractivity contribution in [3.8, 4) is 6.19 Å². The number of rotatable bonds is 14. The Kier molecular flexibility index (Phi) is 13.2. The van der Waals surface area contributed by atoms with E-state index in [2.05, 4.69) is 72.6 Å². The van der Waals surface area contributed by atoms with E-state index in [0.717, 1.165) is 53.1 Å². The standard InChI is InChI=1S/C28H35N9S2/c1-2-31-26(30)37-28-36-25(20-39-28)19-38-17-7-16-33-27(35-21-29)32-15-6-10-22-11-13-24(14-12-22)34-18-23-8-4-3-5-9-23/h3-6,8-14,20,34H,2,7,15-19H2,1H3,(H2,32,33,35)(H3,30,31,36,37). The third-order valence-corrected chi connectivity index (χ3v) is 7.10. The topological polar surface area (TPSA) is 136 Å². The number of aliphatic imine (C=N–C) groups is 2. The molecule has 0 saturated heterocycles. The van der Waals surface area contributed by atoms with Crippen molar-refractivity contribution < 1.29 is 0 Å². The molecule has 0 aliphatic carbocycles. The Balaban J connectivity index is 1.32. The molecule has 11 heteroatoms. The van der Waals surface area contributed by atoms with E-state index in [4.69, 9.17) is 11.0 Å². The van der Waals surface area contributed by atoms with Gasteiger partial charge in [-0.3, -0.25) is 10.3 Å². The van der Waals surface area contributed by atoms with Crippen molar-refractivity contribution in [2.24, 2.45) is 15.7 Å². The quantitative estimate of drug-likeness (QED) is 0.0619. The number of anilines is 2. The van der Waals surface area contributed by atoms with Crippen LogP contribution in [0.5, 0.6) is 0 Å². The smallest absolute Gasteiger partial charge is 0.205 e. The van der Waals surface area contributed by atoms with E-state index >= 15 is 0 Å². The first-order chi connectivity index (χ1) is 19.2. The van der Waals surface area contributed by atoms with Gasteiger partial charge in [-0.15, -0.1) is 11.3 Å². The summed E-state index contributed by atoms with van der Waals surface area (Å²) in [5.41, 5.74) is 10.2. The van der Waals surface area contributed by atoms with Gasteiger partial charge in [0.1, 0.15) is 0 Å². The van der Waals surface area contributed by atoms with Crippen LogP contribution in [0.15, 0.2) is 76.0 Å². The van der Waals surface area contributed by atoms with Crippen molar-refractivity contribution in [1.29, 1.82) is 5.26 Å². The fourth-order valence-corrected chi connectivity index (χ4v) is 5.02. The van der Waals surface area contributed by atoms with Crippen molar-refractivity contribution in [3.05, 3.63) is 82.9 Å². The van der Waals surface area contributed by atoms with Crippen molar-refractivity contribution in [2.45, 2.75) is 25.6 Å². The number of guanidine groups is 2. The highest BCUT2D eigenvalue weighted by atomic mass is 32.2. The summed E-state index contributed by atoms with van der Waals surface area (Å²) in [7, 11) is 0. The monoisotopic (exact) mass is 561 g/mol. The Morgan fingerprint density at radius 1 is 1.15 bits per heavy atom. The van der Waals surface area contributed by atoms with Crippen molar-refractivity contribution >= 4 is 51.9 Å². The zero-order valence-corrected chi connectivity index (χ0v) is 23.7. The average molecular weight is 562 g/mol. The highest BCUT2D eigenvalue weighted by Gasteiger charge is 2.03. The first-order valence-electron chi connectivity index (χ1n) is 12.7. The predicted octanol–water partition coefficient (Wildman–Crippen LogP) is 4.85. The molecule has 0 spiro atoms. The second-order valence-electron chi connectivity index (χ2n) is 8.25. The summed E-state index contributed by atoms with van der Waals surface area (Å²) in [6.45, 7) is 4.54. The molecule has 1 aromatic heterocycles. The third kappa shape index (κ3) is 11.9. The number of hydrogen-bond acceptors (Lipinski definition) is 7. The largest absolute Gasteiger partial charge is 0.381 e. The van der Waals surface area contributed by atoms with Gasteiger partial charge in [-0.2, -0.15) is 17.0 Å². The van der Waals surface area contributed by atoms with Gasteiger partial charge in [-0.25, -0.2) is 9.98 Å². The van der Waals surface area contributed by atoms with Crippen molar-refractivity contribution in [3.63, 3.8) is 0 Å². The molecule has 0 fully saturated rings. The summed E-state index contributed by atoms with van der Waals surface area (Å²) in [6, 6.07) is 18.6. The summed E-state index contributed by atoms with van der Waals surface area (Å²) in [4.78, 5) is 13.1. The Morgan fingerprint density at radius 2 is 1.97 bits per heavy atom. The van der Waals surface area contributed by atoms with Gasteiger partial charge in [-0.1, -0.05) is 54.6 Å². The lowest BCUT2D eigenvalue weighted by atomic mass is 10.2. The molecule has 3 rings (SSSR count). The number of nitriles is 1. The number of thiazole rings is 1. The van der Waals surface area contributed by atoms with Crippen LogP contribution in [0.3, 0.4) is 0 Å². The number of nitrogens with two attached hydrogens (primary N) is 1. The van der Waals surface area contributed by atoms with Gasteiger partial charge < -0.3 is 21.7 Å². The van der Waals surface area contributed by atoms with Crippen LogP contribution in [0.2, 0.25) is 0 Å². The molecule has 0 saturated carbocycles. The van der Waals surface area contributed by atoms with Crippen LogP contribution < -0.4 is 27.0 Å². The van der Waals surface area contributed by atoms with Crippen LogP contribution in [0.1, 0.15) is 30.2 Å². The second kappa shape index (κ2) is 17.5. The van der Waals surface area contributed by atoms with E-state index < -0.39 is 0 Å². The second-order valence-corrected chi connectivity index (χ2v) is 10.2. The van der Waals surface area contributed by atoms with E-state index in [1.165, 1.54) is 16.9 Å².